The molecule has 1 aliphatic carbocycles. The molecule has 0 spiro atoms. The standard InChI is InChI=1S/C19H31N3O4S/c1-4-21(5-2)27(24,25)22-12-10-20(11-13-22)19(23)9-7-16-6-8-18(26-16)17-14-15(17)3/h6,8,15,17H,4-5,7,9-14H2,1-3H3. The molecule has 0 radical (unpaired) electrons. The monoisotopic (exact) mass is 397 g/mol. The van der Waals surface area contributed by atoms with Crippen LogP contribution in [0.25, 0.3) is 0 Å². The van der Waals surface area contributed by atoms with Gasteiger partial charge < -0.3 is 9.32 Å². The van der Waals surface area contributed by atoms with Crippen LogP contribution in [0.3, 0.4) is 0 Å². The highest BCUT2D eigenvalue weighted by Gasteiger charge is 2.36. The minimum Gasteiger partial charge on any atom is -0.466 e. The van der Waals surface area contributed by atoms with E-state index in [1.165, 1.54) is 15.0 Å². The number of furan rings is 1. The Hall–Kier alpha value is -1.38. The van der Waals surface area contributed by atoms with Crippen LogP contribution in [-0.4, -0.2) is 67.1 Å². The van der Waals surface area contributed by atoms with E-state index in [0.717, 1.165) is 11.5 Å². The molecule has 2 atom stereocenters. The lowest BCUT2D eigenvalue weighted by atomic mass is 10.2. The van der Waals surface area contributed by atoms with E-state index in [-0.39, 0.29) is 5.91 Å². The summed E-state index contributed by atoms with van der Waals surface area (Å²) in [6, 6.07) is 4.01. The van der Waals surface area contributed by atoms with Crippen molar-refractivity contribution in [3.05, 3.63) is 23.7 Å². The van der Waals surface area contributed by atoms with Gasteiger partial charge in [0.25, 0.3) is 10.2 Å². The highest BCUT2D eigenvalue weighted by atomic mass is 32.2. The van der Waals surface area contributed by atoms with Crippen molar-refractivity contribution in [3.63, 3.8) is 0 Å². The van der Waals surface area contributed by atoms with Crippen LogP contribution in [0.5, 0.6) is 0 Å². The fourth-order valence-corrected chi connectivity index (χ4v) is 5.32. The van der Waals surface area contributed by atoms with Crippen LogP contribution in [0.1, 0.15) is 51.1 Å². The minimum absolute atomic E-state index is 0.0626. The van der Waals surface area contributed by atoms with E-state index in [2.05, 4.69) is 6.92 Å². The van der Waals surface area contributed by atoms with Gasteiger partial charge in [-0.3, -0.25) is 4.79 Å². The summed E-state index contributed by atoms with van der Waals surface area (Å²) in [5.41, 5.74) is 0. The Labute approximate surface area is 162 Å². The Bertz CT molecular complexity index is 749. The SMILES string of the molecule is CCN(CC)S(=O)(=O)N1CCN(C(=O)CCc2ccc(C3CC3C)o2)CC1. The lowest BCUT2D eigenvalue weighted by molar-refractivity contribution is -0.132. The Kier molecular flexibility index (Phi) is 6.28. The van der Waals surface area contributed by atoms with E-state index in [1.54, 1.807) is 4.90 Å². The molecular formula is C19H31N3O4S. The molecule has 1 amide bonds. The van der Waals surface area contributed by atoms with Gasteiger partial charge in [-0.2, -0.15) is 17.0 Å². The van der Waals surface area contributed by atoms with Crippen molar-refractivity contribution in [1.82, 2.24) is 13.5 Å². The van der Waals surface area contributed by atoms with E-state index >= 15 is 0 Å². The maximum absolute atomic E-state index is 12.6. The number of hydrogen-bond donors (Lipinski definition) is 0. The summed E-state index contributed by atoms with van der Waals surface area (Å²) in [5, 5.41) is 0. The Morgan fingerprint density at radius 2 is 1.81 bits per heavy atom. The summed E-state index contributed by atoms with van der Waals surface area (Å²) in [6.07, 6.45) is 2.18. The van der Waals surface area contributed by atoms with Gasteiger partial charge in [-0.25, -0.2) is 0 Å². The van der Waals surface area contributed by atoms with Crippen LogP contribution in [-0.2, 0) is 21.4 Å². The van der Waals surface area contributed by atoms with Crippen molar-refractivity contribution in [2.24, 2.45) is 5.92 Å². The van der Waals surface area contributed by atoms with E-state index in [4.69, 9.17) is 4.42 Å². The molecule has 0 N–H and O–H groups in total. The van der Waals surface area contributed by atoms with Crippen LogP contribution in [0.15, 0.2) is 16.5 Å². The average molecular weight is 398 g/mol. The predicted molar refractivity (Wildman–Crippen MR) is 104 cm³/mol. The molecule has 27 heavy (non-hydrogen) atoms. The fourth-order valence-electron chi connectivity index (χ4n) is 3.72. The second-order valence-corrected chi connectivity index (χ2v) is 9.42. The second-order valence-electron chi connectivity index (χ2n) is 7.50. The number of amides is 1. The van der Waals surface area contributed by atoms with Crippen molar-refractivity contribution >= 4 is 16.1 Å². The first kappa shape index (κ1) is 20.4. The number of carbonyl (C=O) groups excluding carboxylic acids is 1. The molecule has 0 bridgehead atoms. The molecule has 2 fully saturated rings. The molecule has 3 rings (SSSR count). The van der Waals surface area contributed by atoms with Gasteiger partial charge in [-0.05, 0) is 24.5 Å². The van der Waals surface area contributed by atoms with Gasteiger partial charge in [0.15, 0.2) is 0 Å². The minimum atomic E-state index is -3.42. The highest BCUT2D eigenvalue weighted by molar-refractivity contribution is 7.86. The maximum Gasteiger partial charge on any atom is 0.282 e. The van der Waals surface area contributed by atoms with Crippen molar-refractivity contribution in [2.45, 2.75) is 46.0 Å². The Morgan fingerprint density at radius 3 is 2.37 bits per heavy atom. The first-order valence-electron chi connectivity index (χ1n) is 9.98. The Balaban J connectivity index is 1.46. The molecule has 152 valence electrons. The lowest BCUT2D eigenvalue weighted by Gasteiger charge is -2.36. The lowest BCUT2D eigenvalue weighted by Crippen LogP contribution is -2.54. The summed E-state index contributed by atoms with van der Waals surface area (Å²) in [5.74, 6) is 3.22. The number of carbonyl (C=O) groups is 1. The van der Waals surface area contributed by atoms with Gasteiger partial charge in [0.2, 0.25) is 5.91 Å². The molecule has 8 heteroatoms. The number of piperazine rings is 1. The second kappa shape index (κ2) is 8.32. The number of aryl methyl sites for hydroxylation is 1. The number of nitrogens with zero attached hydrogens (tertiary/aromatic N) is 3. The third-order valence-corrected chi connectivity index (χ3v) is 7.88. The maximum atomic E-state index is 12.6. The first-order chi connectivity index (χ1) is 12.9. The van der Waals surface area contributed by atoms with Crippen LogP contribution in [0, 0.1) is 5.92 Å². The fraction of sp³-hybridized carbons (Fsp3) is 0.737. The van der Waals surface area contributed by atoms with Gasteiger partial charge in [0.05, 0.1) is 0 Å². The molecule has 1 saturated heterocycles. The van der Waals surface area contributed by atoms with Crippen molar-refractivity contribution in [2.75, 3.05) is 39.3 Å². The van der Waals surface area contributed by atoms with Crippen LogP contribution in [0.4, 0.5) is 0 Å². The van der Waals surface area contributed by atoms with Gasteiger partial charge in [-0.15, -0.1) is 0 Å². The summed E-state index contributed by atoms with van der Waals surface area (Å²) < 4.78 is 33.9. The smallest absolute Gasteiger partial charge is 0.282 e. The number of hydrogen-bond acceptors (Lipinski definition) is 4. The molecule has 0 aromatic carbocycles. The van der Waals surface area contributed by atoms with Gasteiger partial charge in [-0.1, -0.05) is 20.8 Å². The normalized spacial score (nSPS) is 23.8. The molecular weight excluding hydrogens is 366 g/mol. The van der Waals surface area contributed by atoms with Gasteiger partial charge in [0.1, 0.15) is 11.5 Å². The average Bonchev–Trinajstić information content (AvgIpc) is 3.20. The van der Waals surface area contributed by atoms with Crippen LogP contribution < -0.4 is 0 Å². The molecule has 1 aliphatic heterocycles. The zero-order valence-electron chi connectivity index (χ0n) is 16.6. The summed E-state index contributed by atoms with van der Waals surface area (Å²) >= 11 is 0. The first-order valence-corrected chi connectivity index (χ1v) is 11.4. The molecule has 2 heterocycles. The van der Waals surface area contributed by atoms with E-state index in [1.807, 2.05) is 26.0 Å². The van der Waals surface area contributed by atoms with E-state index in [0.29, 0.717) is 63.9 Å². The topological polar surface area (TPSA) is 74.1 Å². The molecule has 2 unspecified atom stereocenters. The third-order valence-electron chi connectivity index (χ3n) is 5.69. The molecule has 1 aromatic heterocycles. The summed E-state index contributed by atoms with van der Waals surface area (Å²) in [6.45, 7) is 8.42. The quantitative estimate of drug-likeness (QED) is 0.673. The van der Waals surface area contributed by atoms with Crippen LogP contribution in [0.2, 0.25) is 0 Å². The predicted octanol–water partition coefficient (Wildman–Crippen LogP) is 2.07. The Morgan fingerprint density at radius 1 is 1.19 bits per heavy atom. The van der Waals surface area contributed by atoms with Crippen molar-refractivity contribution < 1.29 is 17.6 Å². The zero-order chi connectivity index (χ0) is 19.6. The largest absolute Gasteiger partial charge is 0.466 e. The zero-order valence-corrected chi connectivity index (χ0v) is 17.4. The number of rotatable bonds is 8. The van der Waals surface area contributed by atoms with Gasteiger partial charge in [0, 0.05) is 58.0 Å². The molecule has 1 saturated carbocycles. The highest BCUT2D eigenvalue weighted by Crippen LogP contribution is 2.47. The summed E-state index contributed by atoms with van der Waals surface area (Å²) in [7, 11) is -3.42. The third kappa shape index (κ3) is 4.55. The van der Waals surface area contributed by atoms with E-state index < -0.39 is 10.2 Å². The van der Waals surface area contributed by atoms with Crippen molar-refractivity contribution in [1.29, 1.82) is 0 Å². The summed E-state index contributed by atoms with van der Waals surface area (Å²) in [4.78, 5) is 14.2. The van der Waals surface area contributed by atoms with Crippen molar-refractivity contribution in [3.8, 4) is 0 Å². The molecule has 2 aliphatic rings. The molecule has 7 nitrogen and oxygen atoms in total. The van der Waals surface area contributed by atoms with Gasteiger partial charge >= 0.3 is 0 Å². The van der Waals surface area contributed by atoms with E-state index in [9.17, 15) is 13.2 Å². The molecule has 1 aromatic rings. The van der Waals surface area contributed by atoms with Crippen LogP contribution >= 0.6 is 0 Å².